The molecule has 0 bridgehead atoms. The first-order chi connectivity index (χ1) is 12.2. The molecule has 1 fully saturated rings. The molecule has 4 nitrogen and oxygen atoms in total. The van der Waals surface area contributed by atoms with Gasteiger partial charge in [0.25, 0.3) is 0 Å². The normalized spacial score (nSPS) is 19.1. The van der Waals surface area contributed by atoms with E-state index in [4.69, 9.17) is 0 Å². The van der Waals surface area contributed by atoms with Crippen LogP contribution in [0.4, 0.5) is 0 Å². The third-order valence-electron chi connectivity index (χ3n) is 4.87. The molecule has 1 N–H and O–H groups in total. The van der Waals surface area contributed by atoms with Gasteiger partial charge < -0.3 is 9.88 Å². The van der Waals surface area contributed by atoms with Crippen LogP contribution in [-0.4, -0.2) is 15.5 Å². The van der Waals surface area contributed by atoms with Gasteiger partial charge in [0.1, 0.15) is 5.82 Å². The number of carbonyl (C=O) groups excluding carboxylic acids is 1. The van der Waals surface area contributed by atoms with Gasteiger partial charge in [-0.05, 0) is 49.1 Å². The number of rotatable bonds is 5. The van der Waals surface area contributed by atoms with Crippen molar-refractivity contribution in [2.24, 2.45) is 5.92 Å². The first kappa shape index (κ1) is 16.3. The Balaban J connectivity index is 1.43. The second-order valence-electron chi connectivity index (χ2n) is 6.48. The summed E-state index contributed by atoms with van der Waals surface area (Å²) in [6, 6.07) is 16.3. The lowest BCUT2D eigenvalue weighted by Gasteiger charge is -2.08. The minimum Gasteiger partial charge on any atom is -0.349 e. The van der Waals surface area contributed by atoms with Gasteiger partial charge in [0, 0.05) is 16.9 Å². The largest absolute Gasteiger partial charge is 0.349 e. The molecule has 2 aromatic carbocycles. The number of imidazole rings is 1. The van der Waals surface area contributed by atoms with Crippen molar-refractivity contribution in [3.8, 4) is 0 Å². The average Bonchev–Trinajstić information content (AvgIpc) is 3.34. The summed E-state index contributed by atoms with van der Waals surface area (Å²) >= 11 is 3.50. The number of hydrogen-bond acceptors (Lipinski definition) is 2. The number of halogens is 1. The number of nitrogens with zero attached hydrogens (tertiary/aromatic N) is 2. The summed E-state index contributed by atoms with van der Waals surface area (Å²) in [5.74, 6) is 1.45. The molecule has 0 saturated heterocycles. The number of fused-ring (bicyclic) bond motifs is 1. The number of aromatic nitrogens is 2. The van der Waals surface area contributed by atoms with Gasteiger partial charge in [0.05, 0.1) is 17.6 Å². The van der Waals surface area contributed by atoms with Gasteiger partial charge in [0.15, 0.2) is 0 Å². The summed E-state index contributed by atoms with van der Waals surface area (Å²) in [7, 11) is 0. The summed E-state index contributed by atoms with van der Waals surface area (Å²) < 4.78 is 3.22. The van der Waals surface area contributed by atoms with Crippen molar-refractivity contribution in [1.29, 1.82) is 0 Å². The number of hydrogen-bond donors (Lipinski definition) is 1. The van der Waals surface area contributed by atoms with Crippen LogP contribution in [0.25, 0.3) is 11.0 Å². The summed E-state index contributed by atoms with van der Waals surface area (Å²) in [4.78, 5) is 17.2. The Labute approximate surface area is 155 Å². The number of para-hydroxylation sites is 2. The maximum absolute atomic E-state index is 12.5. The molecule has 1 aliphatic carbocycles. The molecule has 1 aliphatic rings. The average molecular weight is 398 g/mol. The molecule has 0 spiro atoms. The highest BCUT2D eigenvalue weighted by molar-refractivity contribution is 9.10. The maximum Gasteiger partial charge on any atom is 0.224 e. The number of aryl methyl sites for hydroxylation is 1. The van der Waals surface area contributed by atoms with E-state index in [0.717, 1.165) is 34.3 Å². The first-order valence-electron chi connectivity index (χ1n) is 8.64. The molecule has 1 aromatic heterocycles. The second kappa shape index (κ2) is 6.64. The summed E-state index contributed by atoms with van der Waals surface area (Å²) in [5, 5.41) is 3.08. The predicted molar refractivity (Wildman–Crippen MR) is 102 cm³/mol. The highest BCUT2D eigenvalue weighted by Gasteiger charge is 2.43. The van der Waals surface area contributed by atoms with Crippen molar-refractivity contribution < 1.29 is 4.79 Å². The Kier molecular flexibility index (Phi) is 4.34. The molecule has 1 amide bonds. The van der Waals surface area contributed by atoms with Crippen LogP contribution in [0.3, 0.4) is 0 Å². The molecule has 2 unspecified atom stereocenters. The van der Waals surface area contributed by atoms with E-state index >= 15 is 0 Å². The van der Waals surface area contributed by atoms with E-state index in [0.29, 0.717) is 12.5 Å². The summed E-state index contributed by atoms with van der Waals surface area (Å²) in [5.41, 5.74) is 3.33. The van der Waals surface area contributed by atoms with E-state index < -0.39 is 0 Å². The highest BCUT2D eigenvalue weighted by atomic mass is 79.9. The molecule has 5 heteroatoms. The zero-order valence-electron chi connectivity index (χ0n) is 14.1. The quantitative estimate of drug-likeness (QED) is 0.699. The molecule has 25 heavy (non-hydrogen) atoms. The smallest absolute Gasteiger partial charge is 0.224 e. The molecule has 0 radical (unpaired) electrons. The standard InChI is InChI=1S/C20H20BrN3O/c1-2-24-18-9-4-3-8-17(18)23-19(24)12-22-20(25)16-11-15(16)13-6-5-7-14(21)10-13/h3-10,15-16H,2,11-12H2,1H3,(H,22,25). The Hall–Kier alpha value is -2.14. The molecule has 2 atom stereocenters. The Bertz CT molecular complexity index is 934. The fourth-order valence-electron chi connectivity index (χ4n) is 3.50. The van der Waals surface area contributed by atoms with Gasteiger partial charge in [-0.1, -0.05) is 40.2 Å². The number of benzene rings is 2. The van der Waals surface area contributed by atoms with Crippen molar-refractivity contribution >= 4 is 32.9 Å². The third-order valence-corrected chi connectivity index (χ3v) is 5.37. The molecule has 1 heterocycles. The molecule has 4 rings (SSSR count). The molecular weight excluding hydrogens is 378 g/mol. The van der Waals surface area contributed by atoms with E-state index in [2.05, 4.69) is 55.9 Å². The van der Waals surface area contributed by atoms with Gasteiger partial charge in [-0.2, -0.15) is 0 Å². The predicted octanol–water partition coefficient (Wildman–Crippen LogP) is 4.24. The number of nitrogens with one attached hydrogen (secondary N) is 1. The van der Waals surface area contributed by atoms with Crippen LogP contribution in [0, 0.1) is 5.92 Å². The highest BCUT2D eigenvalue weighted by Crippen LogP contribution is 2.47. The van der Waals surface area contributed by atoms with Crippen molar-refractivity contribution in [2.45, 2.75) is 32.4 Å². The van der Waals surface area contributed by atoms with Crippen LogP contribution < -0.4 is 5.32 Å². The lowest BCUT2D eigenvalue weighted by Crippen LogP contribution is -2.26. The van der Waals surface area contributed by atoms with Crippen LogP contribution in [0.1, 0.15) is 30.7 Å². The van der Waals surface area contributed by atoms with E-state index in [-0.39, 0.29) is 11.8 Å². The molecule has 0 aliphatic heterocycles. The van der Waals surface area contributed by atoms with Crippen LogP contribution in [0.2, 0.25) is 0 Å². The zero-order chi connectivity index (χ0) is 17.4. The zero-order valence-corrected chi connectivity index (χ0v) is 15.7. The van der Waals surface area contributed by atoms with Crippen molar-refractivity contribution in [1.82, 2.24) is 14.9 Å². The fourth-order valence-corrected chi connectivity index (χ4v) is 3.92. The maximum atomic E-state index is 12.5. The van der Waals surface area contributed by atoms with Crippen LogP contribution >= 0.6 is 15.9 Å². The second-order valence-corrected chi connectivity index (χ2v) is 7.40. The Morgan fingerprint density at radius 3 is 2.92 bits per heavy atom. The molecule has 3 aromatic rings. The fraction of sp³-hybridized carbons (Fsp3) is 0.300. The molecule has 1 saturated carbocycles. The lowest BCUT2D eigenvalue weighted by molar-refractivity contribution is -0.122. The van der Waals surface area contributed by atoms with Crippen LogP contribution in [0.5, 0.6) is 0 Å². The SMILES string of the molecule is CCn1c(CNC(=O)C2CC2c2cccc(Br)c2)nc2ccccc21. The summed E-state index contributed by atoms with van der Waals surface area (Å²) in [6.07, 6.45) is 0.923. The monoisotopic (exact) mass is 397 g/mol. The van der Waals surface area contributed by atoms with E-state index in [1.807, 2.05) is 30.3 Å². The molecule has 128 valence electrons. The van der Waals surface area contributed by atoms with Crippen molar-refractivity contribution in [3.05, 3.63) is 64.4 Å². The minimum absolute atomic E-state index is 0.0776. The first-order valence-corrected chi connectivity index (χ1v) is 9.44. The van der Waals surface area contributed by atoms with E-state index in [9.17, 15) is 4.79 Å². The van der Waals surface area contributed by atoms with Crippen LogP contribution in [-0.2, 0) is 17.9 Å². The Morgan fingerprint density at radius 1 is 1.28 bits per heavy atom. The van der Waals surface area contributed by atoms with E-state index in [1.54, 1.807) is 0 Å². The third kappa shape index (κ3) is 3.21. The van der Waals surface area contributed by atoms with Gasteiger partial charge in [-0.15, -0.1) is 0 Å². The van der Waals surface area contributed by atoms with Gasteiger partial charge in [-0.3, -0.25) is 4.79 Å². The van der Waals surface area contributed by atoms with Crippen LogP contribution in [0.15, 0.2) is 53.0 Å². The van der Waals surface area contributed by atoms with E-state index in [1.165, 1.54) is 5.56 Å². The Morgan fingerprint density at radius 2 is 2.12 bits per heavy atom. The topological polar surface area (TPSA) is 46.9 Å². The van der Waals surface area contributed by atoms with Crippen molar-refractivity contribution in [2.75, 3.05) is 0 Å². The van der Waals surface area contributed by atoms with Gasteiger partial charge >= 0.3 is 0 Å². The minimum atomic E-state index is 0.0776. The van der Waals surface area contributed by atoms with Gasteiger partial charge in [0.2, 0.25) is 5.91 Å². The number of carbonyl (C=O) groups is 1. The summed E-state index contributed by atoms with van der Waals surface area (Å²) in [6.45, 7) is 3.42. The van der Waals surface area contributed by atoms with Gasteiger partial charge in [-0.25, -0.2) is 4.98 Å². The molecular formula is C20H20BrN3O. The van der Waals surface area contributed by atoms with Crippen molar-refractivity contribution in [3.63, 3.8) is 0 Å². The number of amides is 1. The lowest BCUT2D eigenvalue weighted by atomic mass is 10.1.